The van der Waals surface area contributed by atoms with E-state index in [0.29, 0.717) is 26.7 Å². The second-order valence-corrected chi connectivity index (χ2v) is 8.78. The summed E-state index contributed by atoms with van der Waals surface area (Å²) in [5.74, 6) is 0.361. The van der Waals surface area contributed by atoms with E-state index in [1.165, 1.54) is 29.2 Å². The topological polar surface area (TPSA) is 121 Å². The fraction of sp³-hybridized carbons (Fsp3) is 0.250. The number of carbonyl (C=O) groups excluding carboxylic acids is 2. The standard InChI is InChI=1S/C20H17N3O6S2/c24-15-8-14(11-30-20-23-22-19(31-20)21-18(26)12-6-7-12)27-9-16(15)29-17(25)10-28-13-4-2-1-3-5-13/h1-5,8-9,12H,6-7,10-11H2,(H,21,22,26). The Bertz CT molecular complexity index is 1130. The predicted molar refractivity (Wildman–Crippen MR) is 113 cm³/mol. The Morgan fingerprint density at radius 1 is 1.23 bits per heavy atom. The van der Waals surface area contributed by atoms with E-state index in [1.54, 1.807) is 24.3 Å². The number of benzene rings is 1. The lowest BCUT2D eigenvalue weighted by Gasteiger charge is -2.06. The molecule has 2 aromatic heterocycles. The molecule has 1 N–H and O–H groups in total. The van der Waals surface area contributed by atoms with Crippen molar-refractivity contribution in [1.82, 2.24) is 10.2 Å². The molecule has 0 radical (unpaired) electrons. The van der Waals surface area contributed by atoms with Crippen LogP contribution in [0.2, 0.25) is 0 Å². The van der Waals surface area contributed by atoms with E-state index in [1.807, 2.05) is 6.07 Å². The Kier molecular flexibility index (Phi) is 6.63. The number of ether oxygens (including phenoxy) is 2. The molecule has 1 aromatic carbocycles. The molecule has 4 rings (SSSR count). The molecule has 3 aromatic rings. The number of carbonyl (C=O) groups is 2. The molecule has 0 spiro atoms. The highest BCUT2D eigenvalue weighted by atomic mass is 32.2. The third-order valence-corrected chi connectivity index (χ3v) is 6.09. The predicted octanol–water partition coefficient (Wildman–Crippen LogP) is 3.12. The average Bonchev–Trinajstić information content (AvgIpc) is 3.54. The Balaban J connectivity index is 1.26. The molecule has 1 aliphatic rings. The van der Waals surface area contributed by atoms with Crippen molar-refractivity contribution in [2.45, 2.75) is 22.9 Å². The summed E-state index contributed by atoms with van der Waals surface area (Å²) < 4.78 is 16.3. The molecule has 9 nitrogen and oxygen atoms in total. The molecule has 2 heterocycles. The van der Waals surface area contributed by atoms with Gasteiger partial charge in [0.05, 0.1) is 5.75 Å². The molecular weight excluding hydrogens is 442 g/mol. The van der Waals surface area contributed by atoms with Crippen molar-refractivity contribution in [2.75, 3.05) is 11.9 Å². The minimum Gasteiger partial charge on any atom is -0.482 e. The lowest BCUT2D eigenvalue weighted by atomic mass is 10.3. The van der Waals surface area contributed by atoms with Gasteiger partial charge in [0.2, 0.25) is 22.2 Å². The molecule has 0 saturated heterocycles. The Labute approximate surface area is 184 Å². The van der Waals surface area contributed by atoms with Gasteiger partial charge in [-0.25, -0.2) is 4.79 Å². The van der Waals surface area contributed by atoms with E-state index in [9.17, 15) is 14.4 Å². The molecule has 160 valence electrons. The summed E-state index contributed by atoms with van der Waals surface area (Å²) in [6.07, 6.45) is 2.92. The van der Waals surface area contributed by atoms with Crippen LogP contribution in [0.3, 0.4) is 0 Å². The van der Waals surface area contributed by atoms with Crippen molar-refractivity contribution in [1.29, 1.82) is 0 Å². The number of esters is 1. The number of aromatic nitrogens is 2. The molecule has 31 heavy (non-hydrogen) atoms. The summed E-state index contributed by atoms with van der Waals surface area (Å²) in [7, 11) is 0. The van der Waals surface area contributed by atoms with E-state index in [4.69, 9.17) is 13.9 Å². The lowest BCUT2D eigenvalue weighted by Crippen LogP contribution is -2.20. The van der Waals surface area contributed by atoms with Crippen LogP contribution in [-0.2, 0) is 15.3 Å². The van der Waals surface area contributed by atoms with Gasteiger partial charge in [-0.3, -0.25) is 9.59 Å². The first-order valence-corrected chi connectivity index (χ1v) is 11.1. The molecule has 0 bridgehead atoms. The van der Waals surface area contributed by atoms with Gasteiger partial charge in [-0.1, -0.05) is 41.3 Å². The third kappa shape index (κ3) is 6.15. The number of nitrogens with zero attached hydrogens (tertiary/aromatic N) is 2. The largest absolute Gasteiger partial charge is 0.482 e. The first-order valence-electron chi connectivity index (χ1n) is 9.34. The Hall–Kier alpha value is -3.18. The maximum absolute atomic E-state index is 12.2. The number of anilines is 1. The quantitative estimate of drug-likeness (QED) is 0.292. The van der Waals surface area contributed by atoms with E-state index in [0.717, 1.165) is 19.1 Å². The zero-order valence-electron chi connectivity index (χ0n) is 16.1. The van der Waals surface area contributed by atoms with Crippen LogP contribution < -0.4 is 20.2 Å². The van der Waals surface area contributed by atoms with Crippen molar-refractivity contribution < 1.29 is 23.5 Å². The van der Waals surface area contributed by atoms with Gasteiger partial charge in [-0.05, 0) is 25.0 Å². The smallest absolute Gasteiger partial charge is 0.349 e. The van der Waals surface area contributed by atoms with Crippen LogP contribution in [0.5, 0.6) is 11.5 Å². The second-order valence-electron chi connectivity index (χ2n) is 6.58. The summed E-state index contributed by atoms with van der Waals surface area (Å²) in [6.45, 7) is -0.336. The number of para-hydroxylation sites is 1. The van der Waals surface area contributed by atoms with E-state index >= 15 is 0 Å². The van der Waals surface area contributed by atoms with E-state index in [-0.39, 0.29) is 24.2 Å². The highest BCUT2D eigenvalue weighted by Crippen LogP contribution is 2.32. The van der Waals surface area contributed by atoms with Gasteiger partial charge in [-0.15, -0.1) is 10.2 Å². The summed E-state index contributed by atoms with van der Waals surface area (Å²) in [6, 6.07) is 10.0. The molecule has 11 heteroatoms. The third-order valence-electron chi connectivity index (χ3n) is 4.10. The summed E-state index contributed by atoms with van der Waals surface area (Å²) in [5, 5.41) is 11.1. The van der Waals surface area contributed by atoms with Gasteiger partial charge >= 0.3 is 5.97 Å². The van der Waals surface area contributed by atoms with Gasteiger partial charge in [0, 0.05) is 12.0 Å². The summed E-state index contributed by atoms with van der Waals surface area (Å²) >= 11 is 2.56. The summed E-state index contributed by atoms with van der Waals surface area (Å²) in [5.41, 5.74) is -0.482. The van der Waals surface area contributed by atoms with Crippen molar-refractivity contribution in [3.63, 3.8) is 0 Å². The van der Waals surface area contributed by atoms with Gasteiger partial charge in [0.15, 0.2) is 10.9 Å². The van der Waals surface area contributed by atoms with Crippen LogP contribution in [0.4, 0.5) is 5.13 Å². The number of rotatable bonds is 9. The van der Waals surface area contributed by atoms with Crippen LogP contribution in [0.25, 0.3) is 0 Å². The van der Waals surface area contributed by atoms with Crippen LogP contribution in [0, 0.1) is 5.92 Å². The molecule has 1 aliphatic carbocycles. The van der Waals surface area contributed by atoms with Crippen molar-refractivity contribution in [3.05, 3.63) is 58.6 Å². The molecular formula is C20H17N3O6S2. The van der Waals surface area contributed by atoms with Gasteiger partial charge in [-0.2, -0.15) is 0 Å². The van der Waals surface area contributed by atoms with E-state index < -0.39 is 11.4 Å². The maximum atomic E-state index is 12.2. The average molecular weight is 460 g/mol. The fourth-order valence-electron chi connectivity index (χ4n) is 2.40. The number of nitrogens with one attached hydrogen (secondary N) is 1. The van der Waals surface area contributed by atoms with Gasteiger partial charge in [0.1, 0.15) is 17.8 Å². The van der Waals surface area contributed by atoms with Crippen LogP contribution >= 0.6 is 23.1 Å². The first-order chi connectivity index (χ1) is 15.1. The van der Waals surface area contributed by atoms with Gasteiger partial charge in [0.25, 0.3) is 0 Å². The highest BCUT2D eigenvalue weighted by Gasteiger charge is 2.30. The molecule has 1 amide bonds. The van der Waals surface area contributed by atoms with Crippen molar-refractivity contribution >= 4 is 40.1 Å². The van der Waals surface area contributed by atoms with Crippen LogP contribution in [0.1, 0.15) is 18.6 Å². The molecule has 0 unspecified atom stereocenters. The first kappa shape index (κ1) is 21.1. The fourth-order valence-corrected chi connectivity index (χ4v) is 4.05. The zero-order chi connectivity index (χ0) is 21.6. The molecule has 1 saturated carbocycles. The molecule has 0 atom stereocenters. The van der Waals surface area contributed by atoms with Crippen LogP contribution in [-0.4, -0.2) is 28.7 Å². The minimum absolute atomic E-state index is 0.0296. The molecule has 0 aliphatic heterocycles. The number of hydrogen-bond donors (Lipinski definition) is 1. The normalized spacial score (nSPS) is 12.9. The van der Waals surface area contributed by atoms with Crippen molar-refractivity contribution in [3.8, 4) is 11.5 Å². The zero-order valence-corrected chi connectivity index (χ0v) is 17.7. The van der Waals surface area contributed by atoms with Crippen molar-refractivity contribution in [2.24, 2.45) is 5.92 Å². The Morgan fingerprint density at radius 2 is 2.03 bits per heavy atom. The lowest BCUT2D eigenvalue weighted by molar-refractivity contribution is -0.136. The SMILES string of the molecule is O=C(COc1ccccc1)Oc1coc(CSc2nnc(NC(=O)C3CC3)s2)cc1=O. The van der Waals surface area contributed by atoms with E-state index in [2.05, 4.69) is 15.5 Å². The van der Waals surface area contributed by atoms with Crippen LogP contribution in [0.15, 0.2) is 56.2 Å². The highest BCUT2D eigenvalue weighted by molar-refractivity contribution is 8.00. The number of hydrogen-bond acceptors (Lipinski definition) is 10. The van der Waals surface area contributed by atoms with Gasteiger partial charge < -0.3 is 19.2 Å². The maximum Gasteiger partial charge on any atom is 0.349 e. The summed E-state index contributed by atoms with van der Waals surface area (Å²) in [4.78, 5) is 35.8. The number of amides is 1. The monoisotopic (exact) mass is 459 g/mol. The number of thioether (sulfide) groups is 1. The minimum atomic E-state index is -0.715. The second kappa shape index (κ2) is 9.75. The Morgan fingerprint density at radius 3 is 2.77 bits per heavy atom. The molecule has 1 fully saturated rings.